The zero-order valence-corrected chi connectivity index (χ0v) is 14.9. The molecule has 0 atom stereocenters. The topological polar surface area (TPSA) is 35.5 Å². The van der Waals surface area contributed by atoms with Gasteiger partial charge in [0, 0.05) is 17.4 Å². The molecule has 3 nitrogen and oxygen atoms in total. The minimum Gasteiger partial charge on any atom is -0.352 e. The summed E-state index contributed by atoms with van der Waals surface area (Å²) in [6, 6.07) is 8.02. The van der Waals surface area contributed by atoms with E-state index >= 15 is 0 Å². The molecule has 1 saturated heterocycles. The van der Waals surface area contributed by atoms with E-state index in [2.05, 4.69) is 39.8 Å². The maximum absolute atomic E-state index is 12.2. The van der Waals surface area contributed by atoms with E-state index in [0.717, 1.165) is 38.0 Å². The summed E-state index contributed by atoms with van der Waals surface area (Å²) in [5.41, 5.74) is 2.21. The van der Waals surface area contributed by atoms with E-state index in [1.807, 2.05) is 12.1 Å². The van der Waals surface area contributed by atoms with Gasteiger partial charge in [-0.15, -0.1) is 0 Å². The summed E-state index contributed by atoms with van der Waals surface area (Å²) in [7, 11) is 0. The van der Waals surface area contributed by atoms with Gasteiger partial charge in [0.15, 0.2) is 12.1 Å². The lowest BCUT2D eigenvalue weighted by Crippen LogP contribution is -2.37. The molecule has 128 valence electrons. The molecule has 1 aliphatic rings. The van der Waals surface area contributed by atoms with E-state index in [-0.39, 0.29) is 17.5 Å². The molecule has 0 radical (unpaired) electrons. The Morgan fingerprint density at radius 2 is 1.74 bits per heavy atom. The largest absolute Gasteiger partial charge is 0.352 e. The van der Waals surface area contributed by atoms with E-state index in [1.54, 1.807) is 0 Å². The lowest BCUT2D eigenvalue weighted by Gasteiger charge is -2.34. The highest BCUT2D eigenvalue weighted by atomic mass is 16.7. The maximum atomic E-state index is 12.2. The van der Waals surface area contributed by atoms with Gasteiger partial charge >= 0.3 is 0 Å². The summed E-state index contributed by atoms with van der Waals surface area (Å²) in [4.78, 5) is 12.2. The normalized spacial score (nSPS) is 18.3. The minimum atomic E-state index is -0.0940. The van der Waals surface area contributed by atoms with Gasteiger partial charge in [0.05, 0.1) is 13.2 Å². The van der Waals surface area contributed by atoms with Gasteiger partial charge in [-0.1, -0.05) is 52.0 Å². The van der Waals surface area contributed by atoms with Crippen molar-refractivity contribution in [1.82, 2.24) is 0 Å². The van der Waals surface area contributed by atoms with Crippen molar-refractivity contribution in [3.63, 3.8) is 0 Å². The highest BCUT2D eigenvalue weighted by molar-refractivity contribution is 5.96. The van der Waals surface area contributed by atoms with Crippen LogP contribution in [0.2, 0.25) is 0 Å². The smallest absolute Gasteiger partial charge is 0.162 e. The maximum Gasteiger partial charge on any atom is 0.162 e. The standard InChI is InChI=1S/C20H30O3/c1-15(2)16-9-11-17(12-10-16)18(21)7-5-6-8-19-22-13-20(3,4)14-23-19/h9-12,15,19H,5-8,13-14H2,1-4H3. The first-order valence-corrected chi connectivity index (χ1v) is 8.74. The third-order valence-corrected chi connectivity index (χ3v) is 4.31. The van der Waals surface area contributed by atoms with E-state index in [1.165, 1.54) is 5.56 Å². The molecule has 0 saturated carbocycles. The highest BCUT2D eigenvalue weighted by Crippen LogP contribution is 2.25. The number of hydrogen-bond acceptors (Lipinski definition) is 3. The van der Waals surface area contributed by atoms with Gasteiger partial charge in [0.1, 0.15) is 0 Å². The molecule has 23 heavy (non-hydrogen) atoms. The summed E-state index contributed by atoms with van der Waals surface area (Å²) >= 11 is 0. The van der Waals surface area contributed by atoms with Gasteiger partial charge < -0.3 is 9.47 Å². The molecule has 1 aliphatic heterocycles. The number of ketones is 1. The van der Waals surface area contributed by atoms with Crippen LogP contribution in [0.15, 0.2) is 24.3 Å². The molecular formula is C20H30O3. The predicted octanol–water partition coefficient (Wildman–Crippen LogP) is 4.95. The van der Waals surface area contributed by atoms with E-state index < -0.39 is 0 Å². The second-order valence-electron chi connectivity index (χ2n) is 7.66. The van der Waals surface area contributed by atoms with Crippen LogP contribution in [0.3, 0.4) is 0 Å². The second kappa shape index (κ2) is 8.07. The summed E-state index contributed by atoms with van der Waals surface area (Å²) in [6.07, 6.45) is 3.22. The van der Waals surface area contributed by atoms with Gasteiger partial charge in [-0.2, -0.15) is 0 Å². The van der Waals surface area contributed by atoms with Crippen LogP contribution in [0.5, 0.6) is 0 Å². The quantitative estimate of drug-likeness (QED) is 0.527. The fraction of sp³-hybridized carbons (Fsp3) is 0.650. The molecule has 1 aromatic rings. The molecule has 0 N–H and O–H groups in total. The van der Waals surface area contributed by atoms with Gasteiger partial charge in [-0.25, -0.2) is 0 Å². The molecule has 0 aliphatic carbocycles. The summed E-state index contributed by atoms with van der Waals surface area (Å²) in [5, 5.41) is 0. The first-order chi connectivity index (χ1) is 10.9. The van der Waals surface area contributed by atoms with Crippen LogP contribution in [0.1, 0.15) is 75.2 Å². The number of carbonyl (C=O) groups excluding carboxylic acids is 1. The molecule has 3 heteroatoms. The Bertz CT molecular complexity index is 492. The average Bonchev–Trinajstić information content (AvgIpc) is 2.52. The van der Waals surface area contributed by atoms with Gasteiger partial charge in [-0.05, 0) is 30.7 Å². The minimum absolute atomic E-state index is 0.0940. The van der Waals surface area contributed by atoms with Crippen molar-refractivity contribution in [2.45, 2.75) is 65.6 Å². The molecule has 0 bridgehead atoms. The number of unbranched alkanes of at least 4 members (excludes halogenated alkanes) is 1. The summed E-state index contributed by atoms with van der Waals surface area (Å²) in [6.45, 7) is 10.1. The Morgan fingerprint density at radius 3 is 2.30 bits per heavy atom. The van der Waals surface area contributed by atoms with Crippen LogP contribution in [0.25, 0.3) is 0 Å². The van der Waals surface area contributed by atoms with Crippen LogP contribution in [0, 0.1) is 5.41 Å². The van der Waals surface area contributed by atoms with Crippen LogP contribution in [0.4, 0.5) is 0 Å². The van der Waals surface area contributed by atoms with E-state index in [9.17, 15) is 4.79 Å². The molecule has 2 rings (SSSR count). The van der Waals surface area contributed by atoms with Crippen molar-refractivity contribution in [2.75, 3.05) is 13.2 Å². The Kier molecular flexibility index (Phi) is 6.37. The van der Waals surface area contributed by atoms with Crippen molar-refractivity contribution >= 4 is 5.78 Å². The third-order valence-electron chi connectivity index (χ3n) is 4.31. The summed E-state index contributed by atoms with van der Waals surface area (Å²) < 4.78 is 11.4. The Hall–Kier alpha value is -1.19. The average molecular weight is 318 g/mol. The molecule has 0 unspecified atom stereocenters. The Morgan fingerprint density at radius 1 is 1.13 bits per heavy atom. The lowest BCUT2D eigenvalue weighted by atomic mass is 9.95. The second-order valence-corrected chi connectivity index (χ2v) is 7.66. The first-order valence-electron chi connectivity index (χ1n) is 8.74. The number of ether oxygens (including phenoxy) is 2. The number of benzene rings is 1. The van der Waals surface area contributed by atoms with Crippen molar-refractivity contribution in [3.8, 4) is 0 Å². The number of hydrogen-bond donors (Lipinski definition) is 0. The molecule has 1 fully saturated rings. The summed E-state index contributed by atoms with van der Waals surface area (Å²) in [5.74, 6) is 0.728. The van der Waals surface area contributed by atoms with Gasteiger partial charge in [0.2, 0.25) is 0 Å². The molecule has 1 heterocycles. The van der Waals surface area contributed by atoms with Gasteiger partial charge in [-0.3, -0.25) is 4.79 Å². The molecule has 1 aromatic carbocycles. The zero-order valence-electron chi connectivity index (χ0n) is 14.9. The van der Waals surface area contributed by atoms with E-state index in [4.69, 9.17) is 9.47 Å². The fourth-order valence-electron chi connectivity index (χ4n) is 2.69. The molecular weight excluding hydrogens is 288 g/mol. The van der Waals surface area contributed by atoms with Crippen molar-refractivity contribution < 1.29 is 14.3 Å². The fourth-order valence-corrected chi connectivity index (χ4v) is 2.69. The van der Waals surface area contributed by atoms with E-state index in [0.29, 0.717) is 12.3 Å². The first kappa shape index (κ1) is 18.2. The third kappa shape index (κ3) is 5.74. The zero-order chi connectivity index (χ0) is 16.9. The molecule has 0 aromatic heterocycles. The van der Waals surface area contributed by atoms with Gasteiger partial charge in [0.25, 0.3) is 0 Å². The molecule has 0 spiro atoms. The highest BCUT2D eigenvalue weighted by Gasteiger charge is 2.27. The van der Waals surface area contributed by atoms with Crippen molar-refractivity contribution in [1.29, 1.82) is 0 Å². The SMILES string of the molecule is CC(C)c1ccc(C(=O)CCCCC2OCC(C)(C)CO2)cc1. The molecule has 0 amide bonds. The predicted molar refractivity (Wildman–Crippen MR) is 92.8 cm³/mol. The van der Waals surface area contributed by atoms with Crippen LogP contribution >= 0.6 is 0 Å². The monoisotopic (exact) mass is 318 g/mol. The Labute approximate surface area is 140 Å². The number of rotatable bonds is 7. The lowest BCUT2D eigenvalue weighted by molar-refractivity contribution is -0.224. The van der Waals surface area contributed by atoms with Crippen molar-refractivity contribution in [3.05, 3.63) is 35.4 Å². The number of Topliss-reactive ketones (excluding diaryl/α,β-unsaturated/α-hetero) is 1. The number of carbonyl (C=O) groups is 1. The Balaban J connectivity index is 1.67. The van der Waals surface area contributed by atoms with Crippen LogP contribution < -0.4 is 0 Å². The van der Waals surface area contributed by atoms with Crippen molar-refractivity contribution in [2.24, 2.45) is 5.41 Å². The van der Waals surface area contributed by atoms with Crippen LogP contribution in [-0.4, -0.2) is 25.3 Å². The van der Waals surface area contributed by atoms with Crippen LogP contribution in [-0.2, 0) is 9.47 Å².